The van der Waals surface area contributed by atoms with Gasteiger partial charge in [-0.2, -0.15) is 0 Å². The summed E-state index contributed by atoms with van der Waals surface area (Å²) in [6.07, 6.45) is 3.07. The molecule has 25 heavy (non-hydrogen) atoms. The Labute approximate surface area is 148 Å². The summed E-state index contributed by atoms with van der Waals surface area (Å²) in [4.78, 5) is 29.0. The number of pyridine rings is 1. The molecule has 0 radical (unpaired) electrons. The minimum absolute atomic E-state index is 0.0260. The van der Waals surface area contributed by atoms with Crippen LogP contribution in [-0.4, -0.2) is 15.4 Å². The van der Waals surface area contributed by atoms with Crippen LogP contribution in [-0.2, 0) is 21.6 Å². The maximum absolute atomic E-state index is 12.5. The van der Waals surface area contributed by atoms with Gasteiger partial charge in [0.2, 0.25) is 0 Å². The number of carbonyl (C=O) groups excluding carboxylic acids is 1. The molecule has 0 N–H and O–H groups in total. The summed E-state index contributed by atoms with van der Waals surface area (Å²) in [5, 5.41) is 0.453. The topological polar surface area (TPSA) is 60.7 Å². The average Bonchev–Trinajstić information content (AvgIpc) is 3.43. The molecular weight excluding hydrogens is 340 g/mol. The van der Waals surface area contributed by atoms with Crippen molar-refractivity contribution in [3.8, 4) is 0 Å². The van der Waals surface area contributed by atoms with Crippen LogP contribution in [0.5, 0.6) is 0 Å². The highest BCUT2D eigenvalue weighted by atomic mass is 35.5. The number of carbonyl (C=O) groups is 1. The van der Waals surface area contributed by atoms with E-state index in [-0.39, 0.29) is 18.1 Å². The summed E-state index contributed by atoms with van der Waals surface area (Å²) in [5.74, 6) is -0.267. The Morgan fingerprint density at radius 3 is 2.68 bits per heavy atom. The molecule has 1 aliphatic rings. The van der Waals surface area contributed by atoms with Gasteiger partial charge in [0, 0.05) is 12.3 Å². The number of ether oxygens (including phenoxy) is 1. The van der Waals surface area contributed by atoms with Crippen LogP contribution in [0.2, 0.25) is 5.02 Å². The van der Waals surface area contributed by atoms with Gasteiger partial charge in [-0.05, 0) is 30.5 Å². The predicted octanol–water partition coefficient (Wildman–Crippen LogP) is 3.12. The van der Waals surface area contributed by atoms with Gasteiger partial charge in [0.15, 0.2) is 0 Å². The van der Waals surface area contributed by atoms with Crippen molar-refractivity contribution >= 4 is 23.2 Å². The lowest BCUT2D eigenvalue weighted by atomic mass is 9.96. The van der Waals surface area contributed by atoms with Crippen LogP contribution in [0.15, 0.2) is 59.5 Å². The molecule has 0 amide bonds. The summed E-state index contributed by atoms with van der Waals surface area (Å²) in [6, 6.07) is 14.3. The van der Waals surface area contributed by atoms with Gasteiger partial charge in [-0.25, -0.2) is 4.98 Å². The Morgan fingerprint density at radius 2 is 1.96 bits per heavy atom. The van der Waals surface area contributed by atoms with Crippen molar-refractivity contribution in [2.45, 2.75) is 24.9 Å². The molecule has 2 aromatic heterocycles. The van der Waals surface area contributed by atoms with E-state index in [1.807, 2.05) is 30.3 Å². The van der Waals surface area contributed by atoms with Crippen LogP contribution in [0.25, 0.3) is 5.65 Å². The van der Waals surface area contributed by atoms with E-state index >= 15 is 0 Å². The third kappa shape index (κ3) is 2.91. The number of rotatable bonds is 4. The zero-order chi connectivity index (χ0) is 17.4. The molecule has 0 saturated heterocycles. The van der Waals surface area contributed by atoms with Crippen LogP contribution in [0, 0.1) is 0 Å². The molecule has 3 aromatic rings. The van der Waals surface area contributed by atoms with E-state index < -0.39 is 5.41 Å². The van der Waals surface area contributed by atoms with Gasteiger partial charge in [-0.1, -0.05) is 41.9 Å². The number of benzene rings is 1. The Kier molecular flexibility index (Phi) is 3.81. The van der Waals surface area contributed by atoms with Crippen molar-refractivity contribution < 1.29 is 9.53 Å². The molecule has 5 nitrogen and oxygen atoms in total. The fourth-order valence-electron chi connectivity index (χ4n) is 2.97. The van der Waals surface area contributed by atoms with Crippen molar-refractivity contribution in [2.75, 3.05) is 0 Å². The minimum atomic E-state index is -0.541. The zero-order valence-corrected chi connectivity index (χ0v) is 14.1. The van der Waals surface area contributed by atoms with Crippen LogP contribution in [0.3, 0.4) is 0 Å². The molecule has 0 atom stereocenters. The summed E-state index contributed by atoms with van der Waals surface area (Å²) in [5.41, 5.74) is 1.06. The second-order valence-corrected chi connectivity index (χ2v) is 6.62. The van der Waals surface area contributed by atoms with E-state index in [2.05, 4.69) is 4.98 Å². The fraction of sp³-hybridized carbons (Fsp3) is 0.211. The molecule has 4 rings (SSSR count). The maximum atomic E-state index is 12.5. The lowest BCUT2D eigenvalue weighted by molar-refractivity contribution is -0.148. The van der Waals surface area contributed by atoms with Gasteiger partial charge in [-0.15, -0.1) is 0 Å². The van der Waals surface area contributed by atoms with Crippen LogP contribution in [0.1, 0.15) is 24.1 Å². The number of esters is 1. The Hall–Kier alpha value is -2.66. The quantitative estimate of drug-likeness (QED) is 0.675. The number of fused-ring (bicyclic) bond motifs is 1. The first-order valence-corrected chi connectivity index (χ1v) is 8.37. The molecule has 1 saturated carbocycles. The van der Waals surface area contributed by atoms with Crippen molar-refractivity contribution in [2.24, 2.45) is 0 Å². The molecule has 0 aliphatic heterocycles. The average molecular weight is 355 g/mol. The molecule has 1 aromatic carbocycles. The van der Waals surface area contributed by atoms with Crippen LogP contribution >= 0.6 is 11.6 Å². The lowest BCUT2D eigenvalue weighted by Gasteiger charge is -2.14. The molecule has 6 heteroatoms. The number of halogens is 1. The number of nitrogens with zero attached hydrogens (tertiary/aromatic N) is 2. The highest BCUT2D eigenvalue weighted by Gasteiger charge is 2.52. The van der Waals surface area contributed by atoms with Crippen molar-refractivity contribution in [3.63, 3.8) is 0 Å². The molecule has 1 fully saturated rings. The van der Waals surface area contributed by atoms with Crippen molar-refractivity contribution in [1.82, 2.24) is 9.38 Å². The smallest absolute Gasteiger partial charge is 0.316 e. The number of hydrogen-bond acceptors (Lipinski definition) is 4. The molecule has 0 spiro atoms. The molecular formula is C19H15ClN2O3. The summed E-state index contributed by atoms with van der Waals surface area (Å²) >= 11 is 5.89. The van der Waals surface area contributed by atoms with E-state index in [0.717, 1.165) is 18.4 Å². The van der Waals surface area contributed by atoms with Gasteiger partial charge in [-0.3, -0.25) is 14.0 Å². The van der Waals surface area contributed by atoms with E-state index in [0.29, 0.717) is 16.4 Å². The third-order valence-corrected chi connectivity index (χ3v) is 4.72. The first kappa shape index (κ1) is 15.8. The van der Waals surface area contributed by atoms with Crippen LogP contribution < -0.4 is 5.56 Å². The predicted molar refractivity (Wildman–Crippen MR) is 93.6 cm³/mol. The Morgan fingerprint density at radius 1 is 1.20 bits per heavy atom. The van der Waals surface area contributed by atoms with E-state index in [4.69, 9.17) is 16.3 Å². The molecule has 126 valence electrons. The second kappa shape index (κ2) is 6.01. The van der Waals surface area contributed by atoms with Gasteiger partial charge in [0.05, 0.1) is 16.1 Å². The van der Waals surface area contributed by atoms with Crippen molar-refractivity contribution in [1.29, 1.82) is 0 Å². The third-order valence-electron chi connectivity index (χ3n) is 4.49. The highest BCUT2D eigenvalue weighted by molar-refractivity contribution is 6.30. The summed E-state index contributed by atoms with van der Waals surface area (Å²) in [6.45, 7) is -0.0260. The van der Waals surface area contributed by atoms with E-state index in [1.165, 1.54) is 16.7 Å². The van der Waals surface area contributed by atoms with E-state index in [9.17, 15) is 9.59 Å². The SMILES string of the molecule is O=C(OCc1cc(=O)n2cc(Cl)ccc2n1)C1(c2ccccc2)CC1. The molecule has 0 bridgehead atoms. The second-order valence-electron chi connectivity index (χ2n) is 6.19. The van der Waals surface area contributed by atoms with Gasteiger partial charge in [0.25, 0.3) is 5.56 Å². The molecule has 1 aliphatic carbocycles. The Bertz CT molecular complexity index is 1010. The first-order chi connectivity index (χ1) is 12.1. The maximum Gasteiger partial charge on any atom is 0.316 e. The zero-order valence-electron chi connectivity index (χ0n) is 13.3. The number of aromatic nitrogens is 2. The van der Waals surface area contributed by atoms with Crippen molar-refractivity contribution in [3.05, 3.63) is 81.4 Å². The molecule has 2 heterocycles. The number of hydrogen-bond donors (Lipinski definition) is 0. The molecule has 0 unspecified atom stereocenters. The summed E-state index contributed by atoms with van der Waals surface area (Å²) < 4.78 is 6.82. The Balaban J connectivity index is 1.54. The van der Waals surface area contributed by atoms with Crippen LogP contribution in [0.4, 0.5) is 0 Å². The van der Waals surface area contributed by atoms with Gasteiger partial charge in [0.1, 0.15) is 12.3 Å². The normalized spacial score (nSPS) is 15.1. The minimum Gasteiger partial charge on any atom is -0.458 e. The lowest BCUT2D eigenvalue weighted by Crippen LogP contribution is -2.24. The highest BCUT2D eigenvalue weighted by Crippen LogP contribution is 2.49. The van der Waals surface area contributed by atoms with Gasteiger partial charge < -0.3 is 4.74 Å². The standard InChI is InChI=1S/C19H15ClN2O3/c20-14-6-7-16-21-15(10-17(23)22(16)11-14)12-25-18(24)19(8-9-19)13-4-2-1-3-5-13/h1-7,10-11H,8-9,12H2. The van der Waals surface area contributed by atoms with Gasteiger partial charge >= 0.3 is 5.97 Å². The fourth-order valence-corrected chi connectivity index (χ4v) is 3.13. The monoisotopic (exact) mass is 354 g/mol. The summed E-state index contributed by atoms with van der Waals surface area (Å²) in [7, 11) is 0. The largest absolute Gasteiger partial charge is 0.458 e. The first-order valence-electron chi connectivity index (χ1n) is 7.99. The van der Waals surface area contributed by atoms with E-state index in [1.54, 1.807) is 12.1 Å².